The first-order valence-electron chi connectivity index (χ1n) is 9.12. The Morgan fingerprint density at radius 3 is 2.88 bits per heavy atom. The molecule has 0 spiro atoms. The van der Waals surface area contributed by atoms with Crippen molar-refractivity contribution in [2.24, 2.45) is 0 Å². The molecule has 1 amide bonds. The zero-order valence-electron chi connectivity index (χ0n) is 14.2. The first-order chi connectivity index (χ1) is 12.2. The van der Waals surface area contributed by atoms with Crippen LogP contribution in [0, 0.1) is 0 Å². The predicted octanol–water partition coefficient (Wildman–Crippen LogP) is 3.18. The van der Waals surface area contributed by atoms with Crippen LogP contribution in [0.1, 0.15) is 67.8 Å². The van der Waals surface area contributed by atoms with E-state index in [1.54, 1.807) is 0 Å². The average molecular weight is 339 g/mol. The second kappa shape index (κ2) is 5.58. The lowest BCUT2D eigenvalue weighted by molar-refractivity contribution is -0.139. The normalized spacial score (nSPS) is 28.0. The smallest absolute Gasteiger partial charge is 0.264 e. The molecule has 2 fully saturated rings. The van der Waals surface area contributed by atoms with Crippen LogP contribution in [0.15, 0.2) is 28.8 Å². The van der Waals surface area contributed by atoms with Crippen molar-refractivity contribution in [2.75, 3.05) is 6.54 Å². The number of amides is 1. The van der Waals surface area contributed by atoms with Gasteiger partial charge in [0.25, 0.3) is 5.91 Å². The third-order valence-electron chi connectivity index (χ3n) is 5.58. The van der Waals surface area contributed by atoms with E-state index in [4.69, 9.17) is 9.26 Å². The van der Waals surface area contributed by atoms with Crippen LogP contribution in [0.2, 0.25) is 0 Å². The van der Waals surface area contributed by atoms with E-state index >= 15 is 0 Å². The van der Waals surface area contributed by atoms with Gasteiger partial charge >= 0.3 is 0 Å². The molecule has 2 aliphatic heterocycles. The monoisotopic (exact) mass is 339 g/mol. The molecule has 0 N–H and O–H groups in total. The Hall–Kier alpha value is -2.37. The summed E-state index contributed by atoms with van der Waals surface area (Å²) in [5.74, 6) is 2.71. The van der Waals surface area contributed by atoms with Crippen LogP contribution in [-0.4, -0.2) is 33.6 Å². The van der Waals surface area contributed by atoms with Gasteiger partial charge in [-0.05, 0) is 31.7 Å². The standard InChI is InChI=1S/C19H21N3O3/c1-11-13-5-2-3-7-15(13)24-16(11)19(23)22-10-4-6-14(22)17-20-18(25-21-17)12-8-9-12/h2-3,5,7,11-12,14,16H,4,6,8-10H2,1H3/t11-,14-,16-/m1/s1. The third-order valence-corrected chi connectivity index (χ3v) is 5.58. The summed E-state index contributed by atoms with van der Waals surface area (Å²) in [5.41, 5.74) is 1.10. The molecule has 1 aliphatic carbocycles. The van der Waals surface area contributed by atoms with Crippen LogP contribution < -0.4 is 4.74 Å². The van der Waals surface area contributed by atoms with Crippen molar-refractivity contribution < 1.29 is 14.1 Å². The number of para-hydroxylation sites is 1. The maximum absolute atomic E-state index is 13.2. The molecule has 0 unspecified atom stereocenters. The van der Waals surface area contributed by atoms with Crippen LogP contribution in [0.4, 0.5) is 0 Å². The molecule has 2 aromatic rings. The van der Waals surface area contributed by atoms with Gasteiger partial charge in [0.05, 0.1) is 6.04 Å². The molecule has 6 heteroatoms. The second-order valence-electron chi connectivity index (χ2n) is 7.32. The van der Waals surface area contributed by atoms with Crippen LogP contribution in [0.25, 0.3) is 0 Å². The lowest BCUT2D eigenvalue weighted by Crippen LogP contribution is -2.42. The molecule has 1 aromatic heterocycles. The molecular formula is C19H21N3O3. The minimum Gasteiger partial charge on any atom is -0.480 e. The quantitative estimate of drug-likeness (QED) is 0.859. The Balaban J connectivity index is 1.37. The van der Waals surface area contributed by atoms with Gasteiger partial charge in [-0.15, -0.1) is 0 Å². The molecular weight excluding hydrogens is 318 g/mol. The zero-order valence-corrected chi connectivity index (χ0v) is 14.2. The van der Waals surface area contributed by atoms with Gasteiger partial charge in [-0.25, -0.2) is 0 Å². The Labute approximate surface area is 146 Å². The summed E-state index contributed by atoms with van der Waals surface area (Å²) in [4.78, 5) is 19.6. The summed E-state index contributed by atoms with van der Waals surface area (Å²) >= 11 is 0. The minimum absolute atomic E-state index is 0.0315. The summed E-state index contributed by atoms with van der Waals surface area (Å²) in [6, 6.07) is 7.80. The Morgan fingerprint density at radius 2 is 2.08 bits per heavy atom. The van der Waals surface area contributed by atoms with Gasteiger partial charge < -0.3 is 14.2 Å². The van der Waals surface area contributed by atoms with E-state index in [9.17, 15) is 4.79 Å². The average Bonchev–Trinajstić information content (AvgIpc) is 3.07. The number of fused-ring (bicyclic) bond motifs is 1. The number of rotatable bonds is 3. The summed E-state index contributed by atoms with van der Waals surface area (Å²) < 4.78 is 11.4. The highest BCUT2D eigenvalue weighted by Crippen LogP contribution is 2.42. The zero-order chi connectivity index (χ0) is 17.0. The summed E-state index contributed by atoms with van der Waals surface area (Å²) in [7, 11) is 0. The molecule has 3 atom stereocenters. The molecule has 3 heterocycles. The fourth-order valence-electron chi connectivity index (χ4n) is 3.97. The molecule has 130 valence electrons. The topological polar surface area (TPSA) is 68.5 Å². The highest BCUT2D eigenvalue weighted by molar-refractivity contribution is 5.84. The van der Waals surface area contributed by atoms with Crippen molar-refractivity contribution in [3.63, 3.8) is 0 Å². The van der Waals surface area contributed by atoms with Gasteiger partial charge in [0.15, 0.2) is 11.9 Å². The Bertz CT molecular complexity index is 814. The van der Waals surface area contributed by atoms with E-state index in [1.165, 1.54) is 0 Å². The number of hydrogen-bond acceptors (Lipinski definition) is 5. The first-order valence-corrected chi connectivity index (χ1v) is 9.12. The van der Waals surface area contributed by atoms with E-state index in [1.807, 2.05) is 29.2 Å². The molecule has 1 saturated heterocycles. The molecule has 5 rings (SSSR count). The van der Waals surface area contributed by atoms with Crippen LogP contribution >= 0.6 is 0 Å². The van der Waals surface area contributed by atoms with Crippen molar-refractivity contribution in [2.45, 2.75) is 56.6 Å². The van der Waals surface area contributed by atoms with E-state index in [0.717, 1.165) is 49.4 Å². The summed E-state index contributed by atoms with van der Waals surface area (Å²) in [6.45, 7) is 2.78. The van der Waals surface area contributed by atoms with E-state index < -0.39 is 6.10 Å². The van der Waals surface area contributed by atoms with Crippen molar-refractivity contribution in [3.05, 3.63) is 41.5 Å². The lowest BCUT2D eigenvalue weighted by atomic mass is 9.96. The van der Waals surface area contributed by atoms with Gasteiger partial charge in [-0.1, -0.05) is 30.3 Å². The number of carbonyl (C=O) groups excluding carboxylic acids is 1. The second-order valence-corrected chi connectivity index (χ2v) is 7.32. The van der Waals surface area contributed by atoms with Gasteiger partial charge in [-0.3, -0.25) is 4.79 Å². The molecule has 0 bridgehead atoms. The van der Waals surface area contributed by atoms with Crippen LogP contribution in [0.5, 0.6) is 5.75 Å². The van der Waals surface area contributed by atoms with Gasteiger partial charge in [0, 0.05) is 23.9 Å². The molecule has 3 aliphatic rings. The van der Waals surface area contributed by atoms with Crippen molar-refractivity contribution >= 4 is 5.91 Å². The van der Waals surface area contributed by atoms with Gasteiger partial charge in [0.1, 0.15) is 5.75 Å². The number of nitrogens with zero attached hydrogens (tertiary/aromatic N) is 3. The number of hydrogen-bond donors (Lipinski definition) is 0. The molecule has 1 saturated carbocycles. The number of carbonyl (C=O) groups is 1. The molecule has 0 radical (unpaired) electrons. The van der Waals surface area contributed by atoms with Gasteiger partial charge in [0.2, 0.25) is 5.89 Å². The number of benzene rings is 1. The number of ether oxygens (including phenoxy) is 1. The van der Waals surface area contributed by atoms with Crippen molar-refractivity contribution in [1.82, 2.24) is 15.0 Å². The fraction of sp³-hybridized carbons (Fsp3) is 0.526. The Kier molecular flexibility index (Phi) is 3.33. The molecule has 25 heavy (non-hydrogen) atoms. The Morgan fingerprint density at radius 1 is 1.24 bits per heavy atom. The molecule has 6 nitrogen and oxygen atoms in total. The van der Waals surface area contributed by atoms with Crippen LogP contribution in [-0.2, 0) is 4.79 Å². The van der Waals surface area contributed by atoms with E-state index in [0.29, 0.717) is 11.7 Å². The van der Waals surface area contributed by atoms with E-state index in [2.05, 4.69) is 17.1 Å². The van der Waals surface area contributed by atoms with Gasteiger partial charge in [-0.2, -0.15) is 4.98 Å². The largest absolute Gasteiger partial charge is 0.480 e. The SMILES string of the molecule is C[C@@H]1c2ccccc2O[C@H]1C(=O)N1CCC[C@@H]1c1noc(C2CC2)n1. The van der Waals surface area contributed by atoms with Crippen molar-refractivity contribution in [1.29, 1.82) is 0 Å². The predicted molar refractivity (Wildman–Crippen MR) is 89.2 cm³/mol. The summed E-state index contributed by atoms with van der Waals surface area (Å²) in [5, 5.41) is 4.16. The fourth-order valence-corrected chi connectivity index (χ4v) is 3.97. The number of aromatic nitrogens is 2. The molecule has 1 aromatic carbocycles. The highest BCUT2D eigenvalue weighted by Gasteiger charge is 2.43. The summed E-state index contributed by atoms with van der Waals surface area (Å²) in [6.07, 6.45) is 3.62. The maximum Gasteiger partial charge on any atom is 0.264 e. The highest BCUT2D eigenvalue weighted by atomic mass is 16.5. The third kappa shape index (κ3) is 2.42. The van der Waals surface area contributed by atoms with E-state index in [-0.39, 0.29) is 17.9 Å². The minimum atomic E-state index is -0.465. The van der Waals surface area contributed by atoms with Crippen LogP contribution in [0.3, 0.4) is 0 Å². The lowest BCUT2D eigenvalue weighted by Gasteiger charge is -2.26. The van der Waals surface area contributed by atoms with Crippen molar-refractivity contribution in [3.8, 4) is 5.75 Å². The maximum atomic E-state index is 13.2. The number of likely N-dealkylation sites (tertiary alicyclic amines) is 1. The first kappa shape index (κ1) is 14.9.